The molecule has 1 aliphatic rings. The fraction of sp³-hybridized carbons (Fsp3) is 0.429. The van der Waals surface area contributed by atoms with E-state index in [1.807, 2.05) is 0 Å². The van der Waals surface area contributed by atoms with Gasteiger partial charge in [0.05, 0.1) is 0 Å². The summed E-state index contributed by atoms with van der Waals surface area (Å²) in [6.07, 6.45) is 3.43. The molecule has 6 heteroatoms. The Morgan fingerprint density at radius 1 is 1.55 bits per heavy atom. The minimum absolute atomic E-state index is 0.0670. The maximum Gasteiger partial charge on any atom is 0.326 e. The molecule has 0 bridgehead atoms. The quantitative estimate of drug-likeness (QED) is 0.810. The van der Waals surface area contributed by atoms with Crippen LogP contribution < -0.4 is 0 Å². The van der Waals surface area contributed by atoms with Crippen LogP contribution in [0.2, 0.25) is 0 Å². The number of carboxylic acid groups (broad SMARTS) is 1. The van der Waals surface area contributed by atoms with E-state index in [1.54, 1.807) is 25.3 Å². The van der Waals surface area contributed by atoms with Crippen molar-refractivity contribution in [2.45, 2.75) is 25.8 Å². The van der Waals surface area contributed by atoms with Gasteiger partial charge in [0.2, 0.25) is 5.91 Å². The molecule has 1 saturated heterocycles. The molecule has 0 aliphatic carbocycles. The second-order valence-corrected chi connectivity index (χ2v) is 4.82. The van der Waals surface area contributed by atoms with Crippen LogP contribution in [-0.4, -0.2) is 45.2 Å². The van der Waals surface area contributed by atoms with Crippen LogP contribution in [0.1, 0.15) is 30.1 Å². The van der Waals surface area contributed by atoms with E-state index in [4.69, 9.17) is 5.11 Å². The maximum atomic E-state index is 12.3. The van der Waals surface area contributed by atoms with Gasteiger partial charge < -0.3 is 10.0 Å². The normalized spacial score (nSPS) is 19.9. The fourth-order valence-electron chi connectivity index (χ4n) is 2.48. The van der Waals surface area contributed by atoms with Gasteiger partial charge in [0, 0.05) is 36.8 Å². The Bertz CT molecular complexity index is 529. The Balaban J connectivity index is 2.13. The molecule has 106 valence electrons. The molecule has 0 spiro atoms. The number of carbonyl (C=O) groups excluding carboxylic acids is 2. The van der Waals surface area contributed by atoms with Crippen molar-refractivity contribution in [2.75, 3.05) is 6.54 Å². The van der Waals surface area contributed by atoms with Gasteiger partial charge in [-0.25, -0.2) is 4.79 Å². The van der Waals surface area contributed by atoms with Crippen LogP contribution in [0.5, 0.6) is 0 Å². The van der Waals surface area contributed by atoms with E-state index in [0.29, 0.717) is 12.0 Å². The van der Waals surface area contributed by atoms with Gasteiger partial charge in [0.1, 0.15) is 6.04 Å². The van der Waals surface area contributed by atoms with Crippen LogP contribution in [0.3, 0.4) is 0 Å². The molecule has 0 aromatic carbocycles. The Morgan fingerprint density at radius 3 is 2.85 bits per heavy atom. The van der Waals surface area contributed by atoms with Crippen molar-refractivity contribution >= 4 is 17.7 Å². The van der Waals surface area contributed by atoms with Crippen molar-refractivity contribution in [1.29, 1.82) is 0 Å². The SMILES string of the molecule is CCC(C(=O)O)N1CC(C(=O)c2cccnc2)CC1=O. The smallest absolute Gasteiger partial charge is 0.326 e. The standard InChI is InChI=1S/C14H16N2O4/c1-2-11(14(19)20)16-8-10(6-12(16)17)13(18)9-4-3-5-15-7-9/h3-5,7,10-11H,2,6,8H2,1H3,(H,19,20). The molecule has 1 aromatic rings. The lowest BCUT2D eigenvalue weighted by atomic mass is 9.98. The second-order valence-electron chi connectivity index (χ2n) is 4.82. The Morgan fingerprint density at radius 2 is 2.30 bits per heavy atom. The van der Waals surface area contributed by atoms with Crippen LogP contribution >= 0.6 is 0 Å². The summed E-state index contributed by atoms with van der Waals surface area (Å²) in [5, 5.41) is 9.10. The third-order valence-corrected chi connectivity index (χ3v) is 3.52. The average molecular weight is 276 g/mol. The number of aliphatic carboxylic acids is 1. The van der Waals surface area contributed by atoms with Gasteiger partial charge >= 0.3 is 5.97 Å². The molecule has 2 unspecified atom stereocenters. The number of hydrogen-bond acceptors (Lipinski definition) is 4. The van der Waals surface area contributed by atoms with E-state index in [0.717, 1.165) is 0 Å². The zero-order valence-electron chi connectivity index (χ0n) is 11.2. The lowest BCUT2D eigenvalue weighted by molar-refractivity contribution is -0.148. The first kappa shape index (κ1) is 14.2. The van der Waals surface area contributed by atoms with Gasteiger partial charge in [-0.05, 0) is 18.6 Å². The predicted octanol–water partition coefficient (Wildman–Crippen LogP) is 0.976. The van der Waals surface area contributed by atoms with Crippen molar-refractivity contribution in [2.24, 2.45) is 5.92 Å². The summed E-state index contributed by atoms with van der Waals surface area (Å²) < 4.78 is 0. The molecule has 20 heavy (non-hydrogen) atoms. The van der Waals surface area contributed by atoms with E-state index >= 15 is 0 Å². The lowest BCUT2D eigenvalue weighted by Crippen LogP contribution is -2.42. The zero-order valence-corrected chi connectivity index (χ0v) is 11.2. The van der Waals surface area contributed by atoms with E-state index in [-0.39, 0.29) is 24.7 Å². The molecule has 0 radical (unpaired) electrons. The fourth-order valence-corrected chi connectivity index (χ4v) is 2.48. The molecule has 1 N–H and O–H groups in total. The first-order chi connectivity index (χ1) is 9.54. The predicted molar refractivity (Wildman–Crippen MR) is 70.1 cm³/mol. The van der Waals surface area contributed by atoms with Crippen LogP contribution in [0.4, 0.5) is 0 Å². The Kier molecular flexibility index (Phi) is 4.12. The summed E-state index contributed by atoms with van der Waals surface area (Å²) in [6.45, 7) is 1.87. The third kappa shape index (κ3) is 2.68. The van der Waals surface area contributed by atoms with E-state index in [2.05, 4.69) is 4.98 Å². The van der Waals surface area contributed by atoms with E-state index in [9.17, 15) is 14.4 Å². The monoisotopic (exact) mass is 276 g/mol. The summed E-state index contributed by atoms with van der Waals surface area (Å²) in [6, 6.07) is 2.46. The van der Waals surface area contributed by atoms with E-state index in [1.165, 1.54) is 11.1 Å². The second kappa shape index (κ2) is 5.81. The molecule has 2 atom stereocenters. The molecule has 1 aliphatic heterocycles. The number of hydrogen-bond donors (Lipinski definition) is 1. The maximum absolute atomic E-state index is 12.3. The van der Waals surface area contributed by atoms with Crippen molar-refractivity contribution in [1.82, 2.24) is 9.88 Å². The molecule has 1 aromatic heterocycles. The van der Waals surface area contributed by atoms with Gasteiger partial charge in [-0.15, -0.1) is 0 Å². The summed E-state index contributed by atoms with van der Waals surface area (Å²) in [4.78, 5) is 40.5. The number of ketones is 1. The molecule has 1 fully saturated rings. The number of amides is 1. The van der Waals surface area contributed by atoms with Gasteiger partial charge in [-0.2, -0.15) is 0 Å². The number of carbonyl (C=O) groups is 3. The number of nitrogens with zero attached hydrogens (tertiary/aromatic N) is 2. The van der Waals surface area contributed by atoms with Crippen molar-refractivity contribution in [3.05, 3.63) is 30.1 Å². The van der Waals surface area contributed by atoms with Gasteiger partial charge in [0.25, 0.3) is 0 Å². The largest absolute Gasteiger partial charge is 0.480 e. The van der Waals surface area contributed by atoms with E-state index < -0.39 is 17.9 Å². The Labute approximate surface area is 116 Å². The number of rotatable bonds is 5. The van der Waals surface area contributed by atoms with Crippen LogP contribution in [0.15, 0.2) is 24.5 Å². The molecule has 2 rings (SSSR count). The van der Waals surface area contributed by atoms with Gasteiger partial charge in [0.15, 0.2) is 5.78 Å². The molecule has 1 amide bonds. The van der Waals surface area contributed by atoms with Crippen molar-refractivity contribution < 1.29 is 19.5 Å². The number of pyridine rings is 1. The van der Waals surface area contributed by atoms with Crippen molar-refractivity contribution in [3.8, 4) is 0 Å². The van der Waals surface area contributed by atoms with Crippen LogP contribution in [0, 0.1) is 5.92 Å². The highest BCUT2D eigenvalue weighted by atomic mass is 16.4. The minimum Gasteiger partial charge on any atom is -0.480 e. The lowest BCUT2D eigenvalue weighted by Gasteiger charge is -2.23. The highest BCUT2D eigenvalue weighted by molar-refractivity contribution is 6.01. The summed E-state index contributed by atoms with van der Waals surface area (Å²) in [5.74, 6) is -1.95. The topological polar surface area (TPSA) is 87.6 Å². The van der Waals surface area contributed by atoms with Crippen molar-refractivity contribution in [3.63, 3.8) is 0 Å². The number of carboxylic acids is 1. The third-order valence-electron chi connectivity index (χ3n) is 3.52. The highest BCUT2D eigenvalue weighted by Gasteiger charge is 2.39. The number of Topliss-reactive ketones (excluding diaryl/α,β-unsaturated/α-hetero) is 1. The van der Waals surface area contributed by atoms with Crippen LogP contribution in [-0.2, 0) is 9.59 Å². The summed E-state index contributed by atoms with van der Waals surface area (Å²) >= 11 is 0. The highest BCUT2D eigenvalue weighted by Crippen LogP contribution is 2.24. The number of likely N-dealkylation sites (tertiary alicyclic amines) is 1. The first-order valence-electron chi connectivity index (χ1n) is 6.51. The molecular weight excluding hydrogens is 260 g/mol. The van der Waals surface area contributed by atoms with Gasteiger partial charge in [-0.1, -0.05) is 6.92 Å². The van der Waals surface area contributed by atoms with Gasteiger partial charge in [-0.3, -0.25) is 14.6 Å². The molecular formula is C14H16N2O4. The summed E-state index contributed by atoms with van der Waals surface area (Å²) in [7, 11) is 0. The number of aromatic nitrogens is 1. The summed E-state index contributed by atoms with van der Waals surface area (Å²) in [5.41, 5.74) is 0.454. The average Bonchev–Trinajstić information content (AvgIpc) is 2.81. The minimum atomic E-state index is -1.03. The molecule has 0 saturated carbocycles. The van der Waals surface area contributed by atoms with Crippen LogP contribution in [0.25, 0.3) is 0 Å². The Hall–Kier alpha value is -2.24. The first-order valence-corrected chi connectivity index (χ1v) is 6.51. The molecule has 2 heterocycles. The molecule has 6 nitrogen and oxygen atoms in total. The zero-order chi connectivity index (χ0) is 14.7.